The third kappa shape index (κ3) is 4.18. The lowest BCUT2D eigenvalue weighted by Crippen LogP contribution is -2.10. The number of aryl methyl sites for hydroxylation is 1. The first-order chi connectivity index (χ1) is 12.0. The lowest BCUT2D eigenvalue weighted by Gasteiger charge is -2.04. The second-order valence-electron chi connectivity index (χ2n) is 4.98. The van der Waals surface area contributed by atoms with Gasteiger partial charge in [0.25, 0.3) is 5.91 Å². The molecule has 0 bridgehead atoms. The van der Waals surface area contributed by atoms with Crippen molar-refractivity contribution in [3.8, 4) is 17.0 Å². The van der Waals surface area contributed by atoms with E-state index in [1.165, 1.54) is 29.7 Å². The fourth-order valence-corrected chi connectivity index (χ4v) is 2.81. The summed E-state index contributed by atoms with van der Waals surface area (Å²) in [6, 6.07) is 6.14. The van der Waals surface area contributed by atoms with Crippen LogP contribution in [0.1, 0.15) is 17.3 Å². The van der Waals surface area contributed by atoms with Gasteiger partial charge in [0.15, 0.2) is 5.13 Å². The first kappa shape index (κ1) is 17.0. The molecular weight excluding hydrogens is 350 g/mol. The normalized spacial score (nSPS) is 10.9. The SMILES string of the molecule is CCn1cc(C(=O)Nc2nc(-c3ccc(OC(F)F)cc3)cs2)cn1. The number of hydrogen-bond donors (Lipinski definition) is 1. The Kier molecular flexibility index (Phi) is 5.03. The maximum absolute atomic E-state index is 12.2. The maximum Gasteiger partial charge on any atom is 0.387 e. The highest BCUT2D eigenvalue weighted by Gasteiger charge is 2.12. The smallest absolute Gasteiger partial charge is 0.387 e. The second-order valence-corrected chi connectivity index (χ2v) is 5.84. The monoisotopic (exact) mass is 364 g/mol. The zero-order chi connectivity index (χ0) is 17.8. The average molecular weight is 364 g/mol. The van der Waals surface area contributed by atoms with E-state index in [4.69, 9.17) is 0 Å². The minimum atomic E-state index is -2.86. The van der Waals surface area contributed by atoms with Crippen molar-refractivity contribution >= 4 is 22.4 Å². The van der Waals surface area contributed by atoms with E-state index < -0.39 is 6.61 Å². The van der Waals surface area contributed by atoms with Crippen LogP contribution in [0.3, 0.4) is 0 Å². The van der Waals surface area contributed by atoms with Gasteiger partial charge in [-0.15, -0.1) is 11.3 Å². The van der Waals surface area contributed by atoms with Gasteiger partial charge in [-0.1, -0.05) is 0 Å². The van der Waals surface area contributed by atoms with Crippen LogP contribution >= 0.6 is 11.3 Å². The number of amides is 1. The molecule has 1 N–H and O–H groups in total. The van der Waals surface area contributed by atoms with Crippen molar-refractivity contribution in [1.29, 1.82) is 0 Å². The van der Waals surface area contributed by atoms with Gasteiger partial charge < -0.3 is 4.74 Å². The minimum Gasteiger partial charge on any atom is -0.435 e. The van der Waals surface area contributed by atoms with Crippen molar-refractivity contribution in [2.45, 2.75) is 20.1 Å². The number of ether oxygens (including phenoxy) is 1. The molecule has 0 fully saturated rings. The molecule has 0 saturated carbocycles. The fourth-order valence-electron chi connectivity index (χ4n) is 2.09. The van der Waals surface area contributed by atoms with Gasteiger partial charge in [0.05, 0.1) is 17.5 Å². The van der Waals surface area contributed by atoms with E-state index in [0.29, 0.717) is 22.9 Å². The van der Waals surface area contributed by atoms with Crippen LogP contribution in [0.5, 0.6) is 5.75 Å². The highest BCUT2D eigenvalue weighted by atomic mass is 32.1. The van der Waals surface area contributed by atoms with Crippen molar-refractivity contribution in [1.82, 2.24) is 14.8 Å². The molecule has 0 aliphatic rings. The number of carbonyl (C=O) groups is 1. The number of benzene rings is 1. The number of hydrogen-bond acceptors (Lipinski definition) is 5. The highest BCUT2D eigenvalue weighted by Crippen LogP contribution is 2.27. The van der Waals surface area contributed by atoms with E-state index in [-0.39, 0.29) is 11.7 Å². The van der Waals surface area contributed by atoms with Crippen molar-refractivity contribution in [3.05, 3.63) is 47.6 Å². The van der Waals surface area contributed by atoms with E-state index in [1.54, 1.807) is 28.4 Å². The first-order valence-corrected chi connectivity index (χ1v) is 8.27. The van der Waals surface area contributed by atoms with E-state index in [0.717, 1.165) is 5.56 Å². The fraction of sp³-hybridized carbons (Fsp3) is 0.188. The molecule has 2 heterocycles. The van der Waals surface area contributed by atoms with Gasteiger partial charge in [0.1, 0.15) is 5.75 Å². The van der Waals surface area contributed by atoms with E-state index in [1.807, 2.05) is 6.92 Å². The Bertz CT molecular complexity index is 861. The van der Waals surface area contributed by atoms with Gasteiger partial charge in [-0.05, 0) is 31.2 Å². The number of thiazole rings is 1. The molecule has 9 heteroatoms. The van der Waals surface area contributed by atoms with Gasteiger partial charge in [0.2, 0.25) is 0 Å². The zero-order valence-corrected chi connectivity index (χ0v) is 14.0. The highest BCUT2D eigenvalue weighted by molar-refractivity contribution is 7.14. The molecule has 0 spiro atoms. The van der Waals surface area contributed by atoms with Crippen LogP contribution in [0.4, 0.5) is 13.9 Å². The third-order valence-corrected chi connectivity index (χ3v) is 4.08. The van der Waals surface area contributed by atoms with Crippen LogP contribution < -0.4 is 10.1 Å². The Balaban J connectivity index is 1.68. The van der Waals surface area contributed by atoms with Gasteiger partial charge in [0, 0.05) is 23.7 Å². The molecule has 1 amide bonds. The topological polar surface area (TPSA) is 69.0 Å². The molecule has 0 aliphatic heterocycles. The standard InChI is InChI=1S/C16H14F2N4O2S/c1-2-22-8-11(7-19-22)14(23)21-16-20-13(9-25-16)10-3-5-12(6-4-10)24-15(17)18/h3-9,15H,2H2,1H3,(H,20,21,23). The minimum absolute atomic E-state index is 0.0791. The predicted molar refractivity (Wildman–Crippen MR) is 90.0 cm³/mol. The summed E-state index contributed by atoms with van der Waals surface area (Å²) in [6.45, 7) is -0.247. The molecule has 0 radical (unpaired) electrons. The summed E-state index contributed by atoms with van der Waals surface area (Å²) in [5, 5.41) is 8.98. The van der Waals surface area contributed by atoms with Crippen molar-refractivity contribution in [3.63, 3.8) is 0 Å². The molecule has 0 unspecified atom stereocenters. The van der Waals surface area contributed by atoms with Crippen LogP contribution in [0.15, 0.2) is 42.0 Å². The van der Waals surface area contributed by atoms with Crippen molar-refractivity contribution in [2.75, 3.05) is 5.32 Å². The average Bonchev–Trinajstić information content (AvgIpc) is 3.24. The summed E-state index contributed by atoms with van der Waals surface area (Å²) in [7, 11) is 0. The van der Waals surface area contributed by atoms with Crippen molar-refractivity contribution in [2.24, 2.45) is 0 Å². The number of carbonyl (C=O) groups excluding carboxylic acids is 1. The number of nitrogens with zero attached hydrogens (tertiary/aromatic N) is 3. The Morgan fingerprint density at radius 1 is 1.36 bits per heavy atom. The maximum atomic E-state index is 12.2. The molecule has 0 aliphatic carbocycles. The molecule has 25 heavy (non-hydrogen) atoms. The molecule has 6 nitrogen and oxygen atoms in total. The van der Waals surface area contributed by atoms with E-state index in [2.05, 4.69) is 20.1 Å². The van der Waals surface area contributed by atoms with Gasteiger partial charge >= 0.3 is 6.61 Å². The number of halogens is 2. The number of alkyl halides is 2. The summed E-state index contributed by atoms with van der Waals surface area (Å²) < 4.78 is 30.3. The van der Waals surface area contributed by atoms with Gasteiger partial charge in [-0.2, -0.15) is 13.9 Å². The van der Waals surface area contributed by atoms with Gasteiger partial charge in [-0.3, -0.25) is 14.8 Å². The molecule has 130 valence electrons. The quantitative estimate of drug-likeness (QED) is 0.721. The molecular formula is C16H14F2N4O2S. The molecule has 1 aromatic carbocycles. The van der Waals surface area contributed by atoms with Crippen LogP contribution in [0.25, 0.3) is 11.3 Å². The molecule has 2 aromatic heterocycles. The number of aromatic nitrogens is 3. The summed E-state index contributed by atoms with van der Waals surface area (Å²) in [5.74, 6) is -0.211. The summed E-state index contributed by atoms with van der Waals surface area (Å²) in [5.41, 5.74) is 1.82. The van der Waals surface area contributed by atoms with Crippen LogP contribution in [0, 0.1) is 0 Å². The summed E-state index contributed by atoms with van der Waals surface area (Å²) >= 11 is 1.27. The molecule has 3 rings (SSSR count). The Hall–Kier alpha value is -2.81. The molecule has 3 aromatic rings. The largest absolute Gasteiger partial charge is 0.435 e. The Morgan fingerprint density at radius 2 is 2.12 bits per heavy atom. The second kappa shape index (κ2) is 7.39. The Morgan fingerprint density at radius 3 is 2.76 bits per heavy atom. The van der Waals surface area contributed by atoms with Crippen LogP contribution in [-0.2, 0) is 6.54 Å². The lowest BCUT2D eigenvalue weighted by atomic mass is 10.2. The number of nitrogens with one attached hydrogen (secondary N) is 1. The van der Waals surface area contributed by atoms with Gasteiger partial charge in [-0.25, -0.2) is 4.98 Å². The van der Waals surface area contributed by atoms with Crippen molar-refractivity contribution < 1.29 is 18.3 Å². The summed E-state index contributed by atoms with van der Waals surface area (Å²) in [4.78, 5) is 16.5. The summed E-state index contributed by atoms with van der Waals surface area (Å²) in [6.07, 6.45) is 3.15. The van der Waals surface area contributed by atoms with E-state index in [9.17, 15) is 13.6 Å². The zero-order valence-electron chi connectivity index (χ0n) is 13.1. The predicted octanol–water partition coefficient (Wildman–Crippen LogP) is 3.88. The molecule has 0 atom stereocenters. The van der Waals surface area contributed by atoms with E-state index >= 15 is 0 Å². The Labute approximate surface area is 146 Å². The first-order valence-electron chi connectivity index (χ1n) is 7.39. The number of anilines is 1. The lowest BCUT2D eigenvalue weighted by molar-refractivity contribution is -0.0498. The van der Waals surface area contributed by atoms with Crippen LogP contribution in [-0.4, -0.2) is 27.3 Å². The van der Waals surface area contributed by atoms with Crippen LogP contribution in [0.2, 0.25) is 0 Å². The third-order valence-electron chi connectivity index (χ3n) is 3.32. The number of rotatable bonds is 6. The molecule has 0 saturated heterocycles.